The van der Waals surface area contributed by atoms with Crippen LogP contribution in [0.2, 0.25) is 0 Å². The fraction of sp³-hybridized carbons (Fsp3) is 0.350. The third-order valence-corrected chi connectivity index (χ3v) is 4.73. The van der Waals surface area contributed by atoms with Gasteiger partial charge in [-0.1, -0.05) is 60.7 Å². The SMILES string of the molecule is CSCC[C@H](N)C(=O)NCC(Cc1ccccc1)c1ccccc1.Cl. The summed E-state index contributed by atoms with van der Waals surface area (Å²) in [6.45, 7) is 0.602. The number of halogens is 1. The Morgan fingerprint density at radius 3 is 2.28 bits per heavy atom. The Morgan fingerprint density at radius 2 is 1.68 bits per heavy atom. The van der Waals surface area contributed by atoms with E-state index in [0.29, 0.717) is 13.0 Å². The topological polar surface area (TPSA) is 55.1 Å². The van der Waals surface area contributed by atoms with Crippen LogP contribution in [0.4, 0.5) is 0 Å². The second kappa shape index (κ2) is 12.0. The normalized spacial score (nSPS) is 12.7. The van der Waals surface area contributed by atoms with E-state index in [0.717, 1.165) is 12.2 Å². The molecule has 3 N–H and O–H groups in total. The van der Waals surface area contributed by atoms with E-state index in [2.05, 4.69) is 29.6 Å². The molecule has 0 fully saturated rings. The average molecular weight is 379 g/mol. The first-order chi connectivity index (χ1) is 11.7. The van der Waals surface area contributed by atoms with E-state index in [9.17, 15) is 4.79 Å². The van der Waals surface area contributed by atoms with Crippen molar-refractivity contribution < 1.29 is 4.79 Å². The Kier molecular flexibility index (Phi) is 10.3. The lowest BCUT2D eigenvalue weighted by Gasteiger charge is -2.20. The van der Waals surface area contributed by atoms with Crippen LogP contribution in [-0.2, 0) is 11.2 Å². The van der Waals surface area contributed by atoms with Gasteiger partial charge in [-0.3, -0.25) is 4.79 Å². The number of rotatable bonds is 9. The zero-order valence-corrected chi connectivity index (χ0v) is 16.2. The van der Waals surface area contributed by atoms with Crippen molar-refractivity contribution in [3.8, 4) is 0 Å². The number of carbonyl (C=O) groups is 1. The zero-order valence-electron chi connectivity index (χ0n) is 14.6. The third kappa shape index (κ3) is 7.51. The summed E-state index contributed by atoms with van der Waals surface area (Å²) >= 11 is 1.71. The van der Waals surface area contributed by atoms with Crippen LogP contribution in [-0.4, -0.2) is 30.5 Å². The summed E-state index contributed by atoms with van der Waals surface area (Å²) in [6.07, 6.45) is 3.63. The lowest BCUT2D eigenvalue weighted by molar-refractivity contribution is -0.122. The van der Waals surface area contributed by atoms with Gasteiger partial charge < -0.3 is 11.1 Å². The summed E-state index contributed by atoms with van der Waals surface area (Å²) in [5, 5.41) is 3.04. The molecule has 0 saturated heterocycles. The maximum Gasteiger partial charge on any atom is 0.236 e. The van der Waals surface area contributed by atoms with Gasteiger partial charge in [0.15, 0.2) is 0 Å². The second-order valence-electron chi connectivity index (χ2n) is 5.93. The van der Waals surface area contributed by atoms with Crippen molar-refractivity contribution in [3.05, 3.63) is 71.8 Å². The molecule has 0 bridgehead atoms. The molecule has 1 unspecified atom stereocenters. The van der Waals surface area contributed by atoms with Gasteiger partial charge >= 0.3 is 0 Å². The molecule has 0 aliphatic heterocycles. The molecular formula is C20H27ClN2OS. The molecule has 2 rings (SSSR count). The zero-order chi connectivity index (χ0) is 17.2. The van der Waals surface area contributed by atoms with Gasteiger partial charge in [0.1, 0.15) is 0 Å². The van der Waals surface area contributed by atoms with E-state index >= 15 is 0 Å². The summed E-state index contributed by atoms with van der Waals surface area (Å²) in [4.78, 5) is 12.2. The van der Waals surface area contributed by atoms with Crippen molar-refractivity contribution >= 4 is 30.1 Å². The van der Waals surface area contributed by atoms with Gasteiger partial charge in [0.25, 0.3) is 0 Å². The Morgan fingerprint density at radius 1 is 1.08 bits per heavy atom. The van der Waals surface area contributed by atoms with Crippen LogP contribution in [0.1, 0.15) is 23.5 Å². The van der Waals surface area contributed by atoms with Gasteiger partial charge in [-0.25, -0.2) is 0 Å². The summed E-state index contributed by atoms with van der Waals surface area (Å²) < 4.78 is 0. The molecule has 2 aromatic carbocycles. The number of amides is 1. The number of nitrogens with two attached hydrogens (primary N) is 1. The van der Waals surface area contributed by atoms with Crippen molar-refractivity contribution in [1.82, 2.24) is 5.32 Å². The molecule has 0 radical (unpaired) electrons. The third-order valence-electron chi connectivity index (χ3n) is 4.09. The molecule has 0 aromatic heterocycles. The molecule has 1 amide bonds. The number of hydrogen-bond donors (Lipinski definition) is 2. The highest BCUT2D eigenvalue weighted by atomic mass is 35.5. The average Bonchev–Trinajstić information content (AvgIpc) is 2.64. The van der Waals surface area contributed by atoms with Crippen LogP contribution in [0.3, 0.4) is 0 Å². The largest absolute Gasteiger partial charge is 0.354 e. The lowest BCUT2D eigenvalue weighted by Crippen LogP contribution is -2.42. The first-order valence-corrected chi connectivity index (χ1v) is 9.71. The minimum Gasteiger partial charge on any atom is -0.354 e. The Hall–Kier alpha value is -1.49. The summed E-state index contributed by atoms with van der Waals surface area (Å²) in [5.74, 6) is 1.09. The minimum absolute atomic E-state index is 0. The number of nitrogens with one attached hydrogen (secondary N) is 1. The van der Waals surface area contributed by atoms with Gasteiger partial charge in [-0.15, -0.1) is 12.4 Å². The summed E-state index contributed by atoms with van der Waals surface area (Å²) in [6, 6.07) is 20.3. The van der Waals surface area contributed by atoms with E-state index in [1.54, 1.807) is 11.8 Å². The van der Waals surface area contributed by atoms with Crippen molar-refractivity contribution in [2.24, 2.45) is 5.73 Å². The lowest BCUT2D eigenvalue weighted by atomic mass is 9.92. The summed E-state index contributed by atoms with van der Waals surface area (Å²) in [5.41, 5.74) is 8.46. The number of hydrogen-bond acceptors (Lipinski definition) is 3. The first-order valence-electron chi connectivity index (χ1n) is 8.31. The molecule has 2 aromatic rings. The van der Waals surface area contributed by atoms with Crippen LogP contribution in [0.25, 0.3) is 0 Å². The van der Waals surface area contributed by atoms with Crippen molar-refractivity contribution in [3.63, 3.8) is 0 Å². The van der Waals surface area contributed by atoms with Crippen LogP contribution < -0.4 is 11.1 Å². The molecule has 0 spiro atoms. The van der Waals surface area contributed by atoms with Crippen LogP contribution in [0, 0.1) is 0 Å². The molecule has 3 nitrogen and oxygen atoms in total. The number of benzene rings is 2. The fourth-order valence-corrected chi connectivity index (χ4v) is 3.15. The number of carbonyl (C=O) groups excluding carboxylic acids is 1. The maximum atomic E-state index is 12.2. The minimum atomic E-state index is -0.425. The van der Waals surface area contributed by atoms with Gasteiger partial charge in [-0.05, 0) is 36.0 Å². The van der Waals surface area contributed by atoms with Crippen LogP contribution in [0.5, 0.6) is 0 Å². The Balaban J connectivity index is 0.00000312. The highest BCUT2D eigenvalue weighted by Crippen LogP contribution is 2.20. The molecule has 5 heteroatoms. The Bertz CT molecular complexity index is 610. The molecular weight excluding hydrogens is 352 g/mol. The van der Waals surface area contributed by atoms with Gasteiger partial charge in [-0.2, -0.15) is 11.8 Å². The second-order valence-corrected chi connectivity index (χ2v) is 6.92. The predicted octanol–water partition coefficient (Wildman–Crippen LogP) is 3.63. The van der Waals surface area contributed by atoms with Crippen LogP contribution >= 0.6 is 24.2 Å². The predicted molar refractivity (Wildman–Crippen MR) is 111 cm³/mol. The molecule has 25 heavy (non-hydrogen) atoms. The molecule has 2 atom stereocenters. The van der Waals surface area contributed by atoms with Gasteiger partial charge in [0, 0.05) is 12.5 Å². The van der Waals surface area contributed by atoms with Crippen molar-refractivity contribution in [2.45, 2.75) is 24.8 Å². The van der Waals surface area contributed by atoms with E-state index in [1.807, 2.05) is 42.7 Å². The standard InChI is InChI=1S/C20H26N2OS.ClH/c1-24-13-12-19(21)20(23)22-15-18(17-10-6-3-7-11-17)14-16-8-4-2-5-9-16;/h2-11,18-19H,12-15,21H2,1H3,(H,22,23);1H/t18?,19-;/m0./s1. The van der Waals surface area contributed by atoms with Gasteiger partial charge in [0.2, 0.25) is 5.91 Å². The van der Waals surface area contributed by atoms with E-state index < -0.39 is 6.04 Å². The van der Waals surface area contributed by atoms with E-state index in [4.69, 9.17) is 5.73 Å². The smallest absolute Gasteiger partial charge is 0.236 e. The Labute approximate surface area is 161 Å². The van der Waals surface area contributed by atoms with Crippen molar-refractivity contribution in [2.75, 3.05) is 18.6 Å². The van der Waals surface area contributed by atoms with E-state index in [1.165, 1.54) is 11.1 Å². The molecule has 0 saturated carbocycles. The highest BCUT2D eigenvalue weighted by Gasteiger charge is 2.17. The highest BCUT2D eigenvalue weighted by molar-refractivity contribution is 7.98. The van der Waals surface area contributed by atoms with Crippen molar-refractivity contribution in [1.29, 1.82) is 0 Å². The quantitative estimate of drug-likeness (QED) is 0.700. The monoisotopic (exact) mass is 378 g/mol. The first kappa shape index (κ1) is 21.6. The molecule has 0 heterocycles. The molecule has 136 valence electrons. The molecule has 0 aliphatic carbocycles. The van der Waals surface area contributed by atoms with Crippen LogP contribution in [0.15, 0.2) is 60.7 Å². The molecule has 0 aliphatic rings. The summed E-state index contributed by atoms with van der Waals surface area (Å²) in [7, 11) is 0. The van der Waals surface area contributed by atoms with Gasteiger partial charge in [0.05, 0.1) is 6.04 Å². The maximum absolute atomic E-state index is 12.2. The fourth-order valence-electron chi connectivity index (χ4n) is 2.66. The van der Waals surface area contributed by atoms with E-state index in [-0.39, 0.29) is 24.2 Å². The number of thioether (sulfide) groups is 1.